The molecule has 19 heavy (non-hydrogen) atoms. The molecule has 1 aromatic rings. The standard InChI is InChI=1S/C13H18N2O2S2/c1-10(19(2)17)5-7-15-13(16)11-8-12(18-9-11)4-3-6-14/h8-10H,5-7,14H2,1-2H3,(H,15,16). The van der Waals surface area contributed by atoms with E-state index in [-0.39, 0.29) is 11.2 Å². The van der Waals surface area contributed by atoms with Crippen LogP contribution in [0.2, 0.25) is 0 Å². The van der Waals surface area contributed by atoms with Crippen LogP contribution in [0, 0.1) is 11.8 Å². The van der Waals surface area contributed by atoms with E-state index in [4.69, 9.17) is 5.73 Å². The molecule has 0 spiro atoms. The van der Waals surface area contributed by atoms with Crippen LogP contribution in [0.15, 0.2) is 11.4 Å². The van der Waals surface area contributed by atoms with Gasteiger partial charge in [0.1, 0.15) is 0 Å². The lowest BCUT2D eigenvalue weighted by molar-refractivity contribution is 0.0953. The molecule has 1 amide bonds. The third-order valence-corrected chi connectivity index (χ3v) is 4.79. The number of hydrogen-bond donors (Lipinski definition) is 2. The zero-order valence-electron chi connectivity index (χ0n) is 11.1. The Balaban J connectivity index is 2.45. The third kappa shape index (κ3) is 5.55. The van der Waals surface area contributed by atoms with Crippen molar-refractivity contribution in [2.24, 2.45) is 5.73 Å². The van der Waals surface area contributed by atoms with Crippen molar-refractivity contribution in [2.45, 2.75) is 18.6 Å². The fourth-order valence-corrected chi connectivity index (χ4v) is 2.52. The summed E-state index contributed by atoms with van der Waals surface area (Å²) in [5, 5.41) is 4.68. The lowest BCUT2D eigenvalue weighted by Crippen LogP contribution is -2.27. The number of amides is 1. The zero-order chi connectivity index (χ0) is 14.3. The highest BCUT2D eigenvalue weighted by Crippen LogP contribution is 2.13. The van der Waals surface area contributed by atoms with Crippen LogP contribution in [0.3, 0.4) is 0 Å². The Labute approximate surface area is 120 Å². The molecule has 2 unspecified atom stereocenters. The van der Waals surface area contributed by atoms with Crippen LogP contribution in [0.4, 0.5) is 0 Å². The van der Waals surface area contributed by atoms with Gasteiger partial charge >= 0.3 is 0 Å². The Hall–Kier alpha value is -1.16. The molecule has 0 aromatic carbocycles. The molecular weight excluding hydrogens is 280 g/mol. The van der Waals surface area contributed by atoms with Gasteiger partial charge in [-0.2, -0.15) is 0 Å². The summed E-state index contributed by atoms with van der Waals surface area (Å²) in [6, 6.07) is 1.75. The van der Waals surface area contributed by atoms with E-state index >= 15 is 0 Å². The minimum absolute atomic E-state index is 0.0914. The monoisotopic (exact) mass is 298 g/mol. The quantitative estimate of drug-likeness (QED) is 0.795. The van der Waals surface area contributed by atoms with Gasteiger partial charge in [0.05, 0.1) is 17.0 Å². The van der Waals surface area contributed by atoms with Crippen molar-refractivity contribution in [3.63, 3.8) is 0 Å². The van der Waals surface area contributed by atoms with Gasteiger partial charge in [-0.05, 0) is 12.5 Å². The predicted octanol–water partition coefficient (Wildman–Crippen LogP) is 0.945. The molecule has 0 fully saturated rings. The molecule has 0 aliphatic rings. The average molecular weight is 298 g/mol. The Morgan fingerprint density at radius 2 is 2.37 bits per heavy atom. The normalized spacial score (nSPS) is 13.2. The molecule has 3 N–H and O–H groups in total. The van der Waals surface area contributed by atoms with Crippen molar-refractivity contribution in [1.82, 2.24) is 5.32 Å². The molecule has 2 atom stereocenters. The molecule has 0 saturated carbocycles. The fourth-order valence-electron chi connectivity index (χ4n) is 1.32. The summed E-state index contributed by atoms with van der Waals surface area (Å²) in [4.78, 5) is 12.7. The second kappa shape index (κ2) is 8.10. The van der Waals surface area contributed by atoms with Crippen molar-refractivity contribution in [2.75, 3.05) is 19.3 Å². The average Bonchev–Trinajstić information content (AvgIpc) is 2.84. The second-order valence-corrected chi connectivity index (χ2v) is 6.77. The Morgan fingerprint density at radius 1 is 1.63 bits per heavy atom. The van der Waals surface area contributed by atoms with Gasteiger partial charge in [-0.3, -0.25) is 9.00 Å². The highest BCUT2D eigenvalue weighted by molar-refractivity contribution is 7.84. The Bertz CT molecular complexity index is 514. The van der Waals surface area contributed by atoms with Gasteiger partial charge in [-0.25, -0.2) is 0 Å². The maximum atomic E-state index is 11.8. The number of carbonyl (C=O) groups is 1. The number of carbonyl (C=O) groups excluding carboxylic acids is 1. The minimum Gasteiger partial charge on any atom is -0.352 e. The fraction of sp³-hybridized carbons (Fsp3) is 0.462. The van der Waals surface area contributed by atoms with Crippen molar-refractivity contribution in [1.29, 1.82) is 0 Å². The first-order valence-electron chi connectivity index (χ1n) is 5.92. The highest BCUT2D eigenvalue weighted by atomic mass is 32.2. The largest absolute Gasteiger partial charge is 0.352 e. The van der Waals surface area contributed by atoms with Crippen LogP contribution in [-0.4, -0.2) is 34.7 Å². The summed E-state index contributed by atoms with van der Waals surface area (Å²) in [5.41, 5.74) is 5.90. The van der Waals surface area contributed by atoms with Gasteiger partial charge < -0.3 is 11.1 Å². The minimum atomic E-state index is -0.849. The second-order valence-electron chi connectivity index (χ2n) is 4.06. The predicted molar refractivity (Wildman–Crippen MR) is 80.7 cm³/mol. The summed E-state index contributed by atoms with van der Waals surface area (Å²) in [7, 11) is -0.849. The highest BCUT2D eigenvalue weighted by Gasteiger charge is 2.09. The molecule has 1 heterocycles. The number of nitrogens with one attached hydrogen (secondary N) is 1. The van der Waals surface area contributed by atoms with E-state index in [1.165, 1.54) is 11.3 Å². The topological polar surface area (TPSA) is 72.2 Å². The third-order valence-electron chi connectivity index (χ3n) is 2.58. The number of hydrogen-bond acceptors (Lipinski definition) is 4. The van der Waals surface area contributed by atoms with E-state index in [1.54, 1.807) is 17.7 Å². The first-order valence-corrected chi connectivity index (χ1v) is 8.42. The van der Waals surface area contributed by atoms with E-state index in [0.29, 0.717) is 25.1 Å². The molecule has 1 rings (SSSR count). The molecule has 0 aliphatic heterocycles. The summed E-state index contributed by atoms with van der Waals surface area (Å²) in [6.45, 7) is 2.75. The summed E-state index contributed by atoms with van der Waals surface area (Å²) in [5.74, 6) is 5.52. The van der Waals surface area contributed by atoms with E-state index in [0.717, 1.165) is 4.88 Å². The number of rotatable bonds is 5. The number of thiophene rings is 1. The van der Waals surface area contributed by atoms with Gasteiger partial charge in [-0.1, -0.05) is 18.8 Å². The van der Waals surface area contributed by atoms with Crippen molar-refractivity contribution in [3.05, 3.63) is 21.9 Å². The van der Waals surface area contributed by atoms with Gasteiger partial charge in [0.15, 0.2) is 0 Å². The summed E-state index contributed by atoms with van der Waals surface area (Å²) in [6.07, 6.45) is 2.38. The van der Waals surface area contributed by atoms with Crippen LogP contribution in [0.25, 0.3) is 0 Å². The zero-order valence-corrected chi connectivity index (χ0v) is 12.7. The summed E-state index contributed by atoms with van der Waals surface area (Å²) < 4.78 is 11.2. The first kappa shape index (κ1) is 15.9. The van der Waals surface area contributed by atoms with Crippen LogP contribution >= 0.6 is 11.3 Å². The van der Waals surface area contributed by atoms with Crippen LogP contribution in [0.5, 0.6) is 0 Å². The molecule has 0 aliphatic carbocycles. The Morgan fingerprint density at radius 3 is 3.00 bits per heavy atom. The van der Waals surface area contributed by atoms with Crippen LogP contribution in [-0.2, 0) is 10.8 Å². The molecule has 0 saturated heterocycles. The molecule has 4 nitrogen and oxygen atoms in total. The van der Waals surface area contributed by atoms with E-state index in [2.05, 4.69) is 17.2 Å². The van der Waals surface area contributed by atoms with Gasteiger partial charge in [-0.15, -0.1) is 11.3 Å². The maximum Gasteiger partial charge on any atom is 0.252 e. The van der Waals surface area contributed by atoms with E-state index in [9.17, 15) is 9.00 Å². The molecule has 0 radical (unpaired) electrons. The molecule has 6 heteroatoms. The van der Waals surface area contributed by atoms with Gasteiger partial charge in [0, 0.05) is 34.2 Å². The first-order chi connectivity index (χ1) is 9.04. The van der Waals surface area contributed by atoms with Gasteiger partial charge in [0.25, 0.3) is 5.91 Å². The number of nitrogens with two attached hydrogens (primary N) is 1. The van der Waals surface area contributed by atoms with Crippen molar-refractivity contribution in [3.8, 4) is 11.8 Å². The van der Waals surface area contributed by atoms with E-state index < -0.39 is 10.8 Å². The molecule has 0 bridgehead atoms. The van der Waals surface area contributed by atoms with Crippen LogP contribution < -0.4 is 11.1 Å². The maximum absolute atomic E-state index is 11.8. The molecule has 1 aromatic heterocycles. The molecular formula is C13H18N2O2S2. The SMILES string of the molecule is CC(CCNC(=O)c1csc(C#CCN)c1)S(C)=O. The van der Waals surface area contributed by atoms with Crippen molar-refractivity contribution < 1.29 is 9.00 Å². The van der Waals surface area contributed by atoms with E-state index in [1.807, 2.05) is 6.92 Å². The van der Waals surface area contributed by atoms with Crippen molar-refractivity contribution >= 4 is 28.0 Å². The van der Waals surface area contributed by atoms with Crippen LogP contribution in [0.1, 0.15) is 28.6 Å². The molecule has 104 valence electrons. The summed E-state index contributed by atoms with van der Waals surface area (Å²) >= 11 is 1.42. The lowest BCUT2D eigenvalue weighted by atomic mass is 10.2. The van der Waals surface area contributed by atoms with Gasteiger partial charge in [0.2, 0.25) is 0 Å². The lowest BCUT2D eigenvalue weighted by Gasteiger charge is -2.08. The Kier molecular flexibility index (Phi) is 6.78. The smallest absolute Gasteiger partial charge is 0.252 e.